The average molecular weight is 232 g/mol. The molecule has 0 spiro atoms. The van der Waals surface area contributed by atoms with Crippen LogP contribution in [-0.2, 0) is 11.3 Å². The van der Waals surface area contributed by atoms with Gasteiger partial charge in [0.25, 0.3) is 0 Å². The highest BCUT2D eigenvalue weighted by Crippen LogP contribution is 2.28. The molecule has 1 aliphatic rings. The lowest BCUT2D eigenvalue weighted by Crippen LogP contribution is -3.06. The number of quaternary nitrogens is 1. The molecule has 1 aromatic heterocycles. The first-order chi connectivity index (χ1) is 8.25. The fourth-order valence-corrected chi connectivity index (χ4v) is 2.50. The van der Waals surface area contributed by atoms with E-state index in [0.717, 1.165) is 25.2 Å². The van der Waals surface area contributed by atoms with Crippen LogP contribution in [0.2, 0.25) is 0 Å². The van der Waals surface area contributed by atoms with Crippen molar-refractivity contribution < 1.29 is 9.64 Å². The lowest BCUT2D eigenvalue weighted by molar-refractivity contribution is -0.862. The van der Waals surface area contributed by atoms with E-state index < -0.39 is 0 Å². The molecule has 17 heavy (non-hydrogen) atoms. The maximum atomic E-state index is 5.90. The van der Waals surface area contributed by atoms with Gasteiger partial charge in [-0.05, 0) is 6.07 Å². The SMILES string of the molecule is C[NH+](C)CC1OCCn2nc3ccccc3c21. The number of hydrogen-bond acceptors (Lipinski definition) is 2. The molecule has 0 saturated heterocycles. The second kappa shape index (κ2) is 4.13. The van der Waals surface area contributed by atoms with E-state index in [1.54, 1.807) is 0 Å². The minimum Gasteiger partial charge on any atom is -0.364 e. The van der Waals surface area contributed by atoms with E-state index in [1.165, 1.54) is 16.0 Å². The molecule has 3 rings (SSSR count). The van der Waals surface area contributed by atoms with E-state index in [4.69, 9.17) is 4.74 Å². The molecule has 0 bridgehead atoms. The Bertz CT molecular complexity index is 532. The predicted molar refractivity (Wildman–Crippen MR) is 66.1 cm³/mol. The Balaban J connectivity index is 2.10. The van der Waals surface area contributed by atoms with Crippen LogP contribution in [0.4, 0.5) is 0 Å². The molecule has 2 aromatic rings. The number of rotatable bonds is 2. The molecule has 1 aliphatic heterocycles. The zero-order chi connectivity index (χ0) is 11.8. The van der Waals surface area contributed by atoms with Crippen LogP contribution in [0.5, 0.6) is 0 Å². The van der Waals surface area contributed by atoms with Crippen molar-refractivity contribution >= 4 is 10.9 Å². The summed E-state index contributed by atoms with van der Waals surface area (Å²) in [5.41, 5.74) is 2.32. The fourth-order valence-electron chi connectivity index (χ4n) is 2.50. The number of nitrogens with one attached hydrogen (secondary N) is 1. The first kappa shape index (κ1) is 10.7. The van der Waals surface area contributed by atoms with Crippen LogP contribution in [0.15, 0.2) is 24.3 Å². The largest absolute Gasteiger partial charge is 0.364 e. The molecule has 90 valence electrons. The van der Waals surface area contributed by atoms with Gasteiger partial charge in [-0.3, -0.25) is 4.68 Å². The van der Waals surface area contributed by atoms with Gasteiger partial charge in [0.15, 0.2) is 0 Å². The van der Waals surface area contributed by atoms with E-state index >= 15 is 0 Å². The molecule has 0 aliphatic carbocycles. The van der Waals surface area contributed by atoms with Crippen LogP contribution in [0.3, 0.4) is 0 Å². The standard InChI is InChI=1S/C13H17N3O/c1-15(2)9-12-13-10-5-3-4-6-11(10)14-16(13)7-8-17-12/h3-6,12H,7-9H2,1-2H3/p+1. The summed E-state index contributed by atoms with van der Waals surface area (Å²) in [6.07, 6.45) is 0.168. The Morgan fingerprint density at radius 3 is 3.06 bits per heavy atom. The number of hydrogen-bond donors (Lipinski definition) is 1. The number of ether oxygens (including phenoxy) is 1. The van der Waals surface area contributed by atoms with Crippen molar-refractivity contribution in [2.45, 2.75) is 12.6 Å². The van der Waals surface area contributed by atoms with Crippen LogP contribution < -0.4 is 4.90 Å². The summed E-state index contributed by atoms with van der Waals surface area (Å²) < 4.78 is 8.01. The van der Waals surface area contributed by atoms with Gasteiger partial charge in [0.1, 0.15) is 12.6 Å². The number of nitrogens with zero attached hydrogens (tertiary/aromatic N) is 2. The van der Waals surface area contributed by atoms with Crippen LogP contribution in [-0.4, -0.2) is 37.0 Å². The maximum absolute atomic E-state index is 5.90. The summed E-state index contributed by atoms with van der Waals surface area (Å²) in [6.45, 7) is 2.61. The monoisotopic (exact) mass is 232 g/mol. The maximum Gasteiger partial charge on any atom is 0.148 e. The zero-order valence-electron chi connectivity index (χ0n) is 10.3. The average Bonchev–Trinajstić information content (AvgIpc) is 2.67. The van der Waals surface area contributed by atoms with E-state index in [2.05, 4.69) is 42.1 Å². The summed E-state index contributed by atoms with van der Waals surface area (Å²) in [6, 6.07) is 8.31. The Morgan fingerprint density at radius 2 is 2.24 bits per heavy atom. The fraction of sp³-hybridized carbons (Fsp3) is 0.462. The van der Waals surface area contributed by atoms with Gasteiger partial charge < -0.3 is 9.64 Å². The van der Waals surface area contributed by atoms with Crippen LogP contribution >= 0.6 is 0 Å². The molecule has 4 nitrogen and oxygen atoms in total. The van der Waals surface area contributed by atoms with E-state index in [-0.39, 0.29) is 6.10 Å². The van der Waals surface area contributed by atoms with Gasteiger partial charge in [-0.25, -0.2) is 0 Å². The molecular weight excluding hydrogens is 214 g/mol. The number of fused-ring (bicyclic) bond motifs is 3. The highest BCUT2D eigenvalue weighted by molar-refractivity contribution is 5.81. The first-order valence-electron chi connectivity index (χ1n) is 6.12. The minimum absolute atomic E-state index is 0.168. The van der Waals surface area contributed by atoms with Gasteiger partial charge in [-0.1, -0.05) is 18.2 Å². The minimum atomic E-state index is 0.168. The number of likely N-dealkylation sites (N-methyl/N-ethyl adjacent to an activating group) is 1. The topological polar surface area (TPSA) is 31.5 Å². The van der Waals surface area contributed by atoms with Gasteiger partial charge in [0, 0.05) is 5.39 Å². The third-order valence-electron chi connectivity index (χ3n) is 3.21. The van der Waals surface area contributed by atoms with Crippen LogP contribution in [0.1, 0.15) is 11.8 Å². The third kappa shape index (κ3) is 1.83. The van der Waals surface area contributed by atoms with Crippen molar-refractivity contribution in [2.24, 2.45) is 0 Å². The normalized spacial score (nSPS) is 19.8. The van der Waals surface area contributed by atoms with Crippen LogP contribution in [0.25, 0.3) is 10.9 Å². The number of benzene rings is 1. The van der Waals surface area contributed by atoms with Crippen molar-refractivity contribution in [3.8, 4) is 0 Å². The Kier molecular flexibility index (Phi) is 2.61. The quantitative estimate of drug-likeness (QED) is 0.805. The highest BCUT2D eigenvalue weighted by atomic mass is 16.5. The first-order valence-corrected chi connectivity index (χ1v) is 6.12. The molecular formula is C13H18N3O+. The summed E-state index contributed by atoms with van der Waals surface area (Å²) >= 11 is 0. The third-order valence-corrected chi connectivity index (χ3v) is 3.21. The summed E-state index contributed by atoms with van der Waals surface area (Å²) in [5.74, 6) is 0. The highest BCUT2D eigenvalue weighted by Gasteiger charge is 2.27. The molecule has 4 heteroatoms. The van der Waals surface area contributed by atoms with Gasteiger partial charge in [-0.15, -0.1) is 0 Å². The van der Waals surface area contributed by atoms with E-state index in [0.29, 0.717) is 0 Å². The Hall–Kier alpha value is -1.39. The van der Waals surface area contributed by atoms with Gasteiger partial charge in [0.05, 0.1) is 38.5 Å². The zero-order valence-corrected chi connectivity index (χ0v) is 10.3. The van der Waals surface area contributed by atoms with Crippen molar-refractivity contribution in [3.63, 3.8) is 0 Å². The molecule has 0 saturated carbocycles. The van der Waals surface area contributed by atoms with Crippen LogP contribution in [0, 0.1) is 0 Å². The Morgan fingerprint density at radius 1 is 1.41 bits per heavy atom. The van der Waals surface area contributed by atoms with Gasteiger partial charge >= 0.3 is 0 Å². The number of aromatic nitrogens is 2. The second-order valence-corrected chi connectivity index (χ2v) is 4.90. The van der Waals surface area contributed by atoms with Gasteiger partial charge in [0.2, 0.25) is 0 Å². The lowest BCUT2D eigenvalue weighted by atomic mass is 10.1. The molecule has 1 N–H and O–H groups in total. The molecule has 0 amide bonds. The second-order valence-electron chi connectivity index (χ2n) is 4.90. The molecule has 1 aromatic carbocycles. The van der Waals surface area contributed by atoms with Crippen molar-refractivity contribution in [3.05, 3.63) is 30.0 Å². The van der Waals surface area contributed by atoms with Crippen molar-refractivity contribution in [1.29, 1.82) is 0 Å². The molecule has 1 unspecified atom stereocenters. The summed E-state index contributed by atoms with van der Waals surface area (Å²) in [7, 11) is 4.31. The molecule has 1 atom stereocenters. The smallest absolute Gasteiger partial charge is 0.148 e. The summed E-state index contributed by atoms with van der Waals surface area (Å²) in [4.78, 5) is 1.40. The summed E-state index contributed by atoms with van der Waals surface area (Å²) in [5, 5.41) is 5.87. The molecule has 0 radical (unpaired) electrons. The lowest BCUT2D eigenvalue weighted by Gasteiger charge is -2.25. The van der Waals surface area contributed by atoms with Crippen molar-refractivity contribution in [1.82, 2.24) is 9.78 Å². The predicted octanol–water partition coefficient (Wildman–Crippen LogP) is 0.252. The van der Waals surface area contributed by atoms with Gasteiger partial charge in [-0.2, -0.15) is 5.10 Å². The van der Waals surface area contributed by atoms with Crippen molar-refractivity contribution in [2.75, 3.05) is 27.2 Å². The van der Waals surface area contributed by atoms with E-state index in [9.17, 15) is 0 Å². The Labute approximate surface area is 101 Å². The van der Waals surface area contributed by atoms with E-state index in [1.807, 2.05) is 6.07 Å². The molecule has 2 heterocycles. The molecule has 0 fully saturated rings.